The average Bonchev–Trinajstić information content (AvgIpc) is 3.11. The smallest absolute Gasteiger partial charge is 0.298 e. The number of hydrogen-bond donors (Lipinski definition) is 1. The molecule has 0 atom stereocenters. The maximum absolute atomic E-state index is 9.03. The van der Waals surface area contributed by atoms with Crippen molar-refractivity contribution in [2.45, 2.75) is 25.4 Å². The van der Waals surface area contributed by atoms with Crippen LogP contribution in [0.5, 0.6) is 10.9 Å². The highest BCUT2D eigenvalue weighted by Crippen LogP contribution is 2.40. The largest absolute Gasteiger partial charge is 0.430 e. The van der Waals surface area contributed by atoms with Gasteiger partial charge in [-0.2, -0.15) is 9.36 Å². The monoisotopic (exact) mass is 248 g/mol. The second-order valence-corrected chi connectivity index (χ2v) is 4.81. The zero-order valence-electron chi connectivity index (χ0n) is 9.17. The SMILES string of the molecule is OCc1cccc(Oc2nc(C3CC3)ns2)c1. The molecule has 4 nitrogen and oxygen atoms in total. The molecule has 88 valence electrons. The van der Waals surface area contributed by atoms with Crippen molar-refractivity contribution in [3.63, 3.8) is 0 Å². The lowest BCUT2D eigenvalue weighted by Gasteiger charge is -2.02. The van der Waals surface area contributed by atoms with Gasteiger partial charge in [0.25, 0.3) is 5.19 Å². The molecule has 2 aromatic rings. The first kappa shape index (κ1) is 10.7. The number of hydrogen-bond acceptors (Lipinski definition) is 5. The summed E-state index contributed by atoms with van der Waals surface area (Å²) >= 11 is 1.28. The number of ether oxygens (including phenoxy) is 1. The summed E-state index contributed by atoms with van der Waals surface area (Å²) in [4.78, 5) is 4.35. The Morgan fingerprint density at radius 2 is 2.29 bits per heavy atom. The van der Waals surface area contributed by atoms with Crippen LogP contribution in [0.2, 0.25) is 0 Å². The number of rotatable bonds is 4. The van der Waals surface area contributed by atoms with Crippen LogP contribution in [0.3, 0.4) is 0 Å². The summed E-state index contributed by atoms with van der Waals surface area (Å²) in [6.45, 7) is 0.0145. The van der Waals surface area contributed by atoms with E-state index >= 15 is 0 Å². The van der Waals surface area contributed by atoms with E-state index in [9.17, 15) is 0 Å². The highest BCUT2D eigenvalue weighted by Gasteiger charge is 2.28. The Hall–Kier alpha value is -1.46. The Kier molecular flexibility index (Phi) is 2.78. The third kappa shape index (κ3) is 2.45. The lowest BCUT2D eigenvalue weighted by molar-refractivity contribution is 0.281. The molecule has 1 aromatic carbocycles. The minimum Gasteiger partial charge on any atom is -0.430 e. The summed E-state index contributed by atoms with van der Waals surface area (Å²) in [6, 6.07) is 7.35. The van der Waals surface area contributed by atoms with E-state index in [0.717, 1.165) is 11.4 Å². The summed E-state index contributed by atoms with van der Waals surface area (Å²) in [5.41, 5.74) is 0.828. The maximum atomic E-state index is 9.03. The molecule has 0 amide bonds. The molecule has 1 aliphatic rings. The summed E-state index contributed by atoms with van der Waals surface area (Å²) < 4.78 is 9.89. The van der Waals surface area contributed by atoms with E-state index in [0.29, 0.717) is 16.9 Å². The molecule has 0 bridgehead atoms. The Morgan fingerprint density at radius 3 is 3.06 bits per heavy atom. The van der Waals surface area contributed by atoms with Gasteiger partial charge in [-0.3, -0.25) is 0 Å². The van der Waals surface area contributed by atoms with Crippen molar-refractivity contribution >= 4 is 11.5 Å². The predicted molar refractivity (Wildman–Crippen MR) is 64.3 cm³/mol. The minimum absolute atomic E-state index is 0.0145. The normalized spacial score (nSPS) is 14.9. The molecule has 1 aromatic heterocycles. The molecular formula is C12H12N2O2S. The quantitative estimate of drug-likeness (QED) is 0.903. The standard InChI is InChI=1S/C12H12N2O2S/c15-7-8-2-1-3-10(6-8)16-12-13-11(14-17-12)9-4-5-9/h1-3,6,9,15H,4-5,7H2. The highest BCUT2D eigenvalue weighted by molar-refractivity contribution is 7.07. The summed E-state index contributed by atoms with van der Waals surface area (Å²) in [7, 11) is 0. The molecule has 0 radical (unpaired) electrons. The molecule has 1 fully saturated rings. The number of aliphatic hydroxyl groups is 1. The fraction of sp³-hybridized carbons (Fsp3) is 0.333. The van der Waals surface area contributed by atoms with Crippen LogP contribution in [0.25, 0.3) is 0 Å². The van der Waals surface area contributed by atoms with E-state index in [-0.39, 0.29) is 6.61 Å². The van der Waals surface area contributed by atoms with Crippen LogP contribution >= 0.6 is 11.5 Å². The van der Waals surface area contributed by atoms with E-state index in [2.05, 4.69) is 9.36 Å². The third-order valence-electron chi connectivity index (χ3n) is 2.65. The van der Waals surface area contributed by atoms with Crippen LogP contribution in [0.1, 0.15) is 30.1 Å². The van der Waals surface area contributed by atoms with Crippen LogP contribution in [0, 0.1) is 0 Å². The molecule has 0 aliphatic heterocycles. The number of aliphatic hydroxyl groups excluding tert-OH is 1. The van der Waals surface area contributed by atoms with E-state index < -0.39 is 0 Å². The average molecular weight is 248 g/mol. The number of nitrogens with zero attached hydrogens (tertiary/aromatic N) is 2. The van der Waals surface area contributed by atoms with Gasteiger partial charge in [0.15, 0.2) is 0 Å². The van der Waals surface area contributed by atoms with Crippen LogP contribution < -0.4 is 4.74 Å². The molecule has 5 heteroatoms. The second kappa shape index (κ2) is 4.43. The second-order valence-electron chi connectivity index (χ2n) is 4.10. The van der Waals surface area contributed by atoms with Gasteiger partial charge in [-0.1, -0.05) is 12.1 Å². The first-order chi connectivity index (χ1) is 8.35. The van der Waals surface area contributed by atoms with Gasteiger partial charge >= 0.3 is 0 Å². The van der Waals surface area contributed by atoms with Crippen molar-refractivity contribution in [3.05, 3.63) is 35.7 Å². The molecule has 1 N–H and O–H groups in total. The topological polar surface area (TPSA) is 55.2 Å². The van der Waals surface area contributed by atoms with Gasteiger partial charge in [-0.05, 0) is 30.5 Å². The molecule has 17 heavy (non-hydrogen) atoms. The Bertz CT molecular complexity index is 523. The first-order valence-corrected chi connectivity index (χ1v) is 6.34. The van der Waals surface area contributed by atoms with Gasteiger partial charge in [0.1, 0.15) is 11.6 Å². The Labute approximate surface area is 103 Å². The highest BCUT2D eigenvalue weighted by atomic mass is 32.1. The lowest BCUT2D eigenvalue weighted by atomic mass is 10.2. The van der Waals surface area contributed by atoms with Crippen LogP contribution in [-0.4, -0.2) is 14.5 Å². The summed E-state index contributed by atoms with van der Waals surface area (Å²) in [5, 5.41) is 9.60. The molecule has 0 spiro atoms. The molecule has 1 saturated carbocycles. The van der Waals surface area contributed by atoms with Crippen molar-refractivity contribution in [1.29, 1.82) is 0 Å². The van der Waals surface area contributed by atoms with Crippen LogP contribution in [-0.2, 0) is 6.61 Å². The van der Waals surface area contributed by atoms with Gasteiger partial charge in [-0.15, -0.1) is 0 Å². The Morgan fingerprint density at radius 1 is 1.41 bits per heavy atom. The fourth-order valence-electron chi connectivity index (χ4n) is 1.58. The molecule has 1 aliphatic carbocycles. The maximum Gasteiger partial charge on any atom is 0.298 e. The van der Waals surface area contributed by atoms with Gasteiger partial charge < -0.3 is 9.84 Å². The van der Waals surface area contributed by atoms with Gasteiger partial charge in [-0.25, -0.2) is 0 Å². The zero-order valence-corrected chi connectivity index (χ0v) is 9.98. The molecular weight excluding hydrogens is 236 g/mol. The number of benzene rings is 1. The van der Waals surface area contributed by atoms with E-state index in [1.165, 1.54) is 24.4 Å². The molecule has 3 rings (SSSR count). The van der Waals surface area contributed by atoms with Crippen molar-refractivity contribution in [1.82, 2.24) is 9.36 Å². The predicted octanol–water partition coefficient (Wildman–Crippen LogP) is 2.70. The summed E-state index contributed by atoms with van der Waals surface area (Å²) in [6.07, 6.45) is 2.38. The minimum atomic E-state index is 0.0145. The lowest BCUT2D eigenvalue weighted by Crippen LogP contribution is -1.87. The zero-order chi connectivity index (χ0) is 11.7. The Balaban J connectivity index is 1.75. The molecule has 1 heterocycles. The van der Waals surface area contributed by atoms with Crippen LogP contribution in [0.4, 0.5) is 0 Å². The summed E-state index contributed by atoms with van der Waals surface area (Å²) in [5.74, 6) is 2.14. The van der Waals surface area contributed by atoms with Crippen molar-refractivity contribution in [3.8, 4) is 10.9 Å². The van der Waals surface area contributed by atoms with Crippen molar-refractivity contribution < 1.29 is 9.84 Å². The van der Waals surface area contributed by atoms with Crippen LogP contribution in [0.15, 0.2) is 24.3 Å². The third-order valence-corrected chi connectivity index (χ3v) is 3.26. The van der Waals surface area contributed by atoms with Crippen molar-refractivity contribution in [2.24, 2.45) is 0 Å². The molecule has 0 unspecified atom stereocenters. The molecule has 0 saturated heterocycles. The van der Waals surface area contributed by atoms with Crippen molar-refractivity contribution in [2.75, 3.05) is 0 Å². The van der Waals surface area contributed by atoms with Gasteiger partial charge in [0.2, 0.25) is 0 Å². The van der Waals surface area contributed by atoms with E-state index in [4.69, 9.17) is 9.84 Å². The number of aromatic nitrogens is 2. The van der Waals surface area contributed by atoms with Gasteiger partial charge in [0, 0.05) is 17.5 Å². The first-order valence-electron chi connectivity index (χ1n) is 5.56. The van der Waals surface area contributed by atoms with Gasteiger partial charge in [0.05, 0.1) is 6.61 Å². The fourth-order valence-corrected chi connectivity index (χ4v) is 2.21. The van der Waals surface area contributed by atoms with E-state index in [1.54, 1.807) is 6.07 Å². The van der Waals surface area contributed by atoms with E-state index in [1.807, 2.05) is 18.2 Å².